The molecule has 0 aromatic heterocycles. The van der Waals surface area contributed by atoms with E-state index in [1.807, 2.05) is 62.5 Å². The zero-order chi connectivity index (χ0) is 34.7. The van der Waals surface area contributed by atoms with Gasteiger partial charge in [0.1, 0.15) is 0 Å². The summed E-state index contributed by atoms with van der Waals surface area (Å²) in [6.07, 6.45) is 18.7. The van der Waals surface area contributed by atoms with E-state index in [-0.39, 0.29) is 5.78 Å². The Morgan fingerprint density at radius 3 is 1.89 bits per heavy atom. The second-order valence-electron chi connectivity index (χ2n) is 12.6. The molecule has 0 saturated heterocycles. The van der Waals surface area contributed by atoms with Gasteiger partial charge in [0.2, 0.25) is 0 Å². The lowest BCUT2D eigenvalue weighted by atomic mass is 9.92. The highest BCUT2D eigenvalue weighted by atomic mass is 16.1. The van der Waals surface area contributed by atoms with Crippen molar-refractivity contribution in [2.75, 3.05) is 7.05 Å². The largest absolute Gasteiger partial charge is 0.294 e. The minimum absolute atomic E-state index is 0.168. The van der Waals surface area contributed by atoms with E-state index in [1.54, 1.807) is 7.05 Å². The molecule has 0 saturated carbocycles. The topological polar surface area (TPSA) is 54.1 Å². The third-order valence-corrected chi connectivity index (χ3v) is 8.29. The number of unbranched alkanes of at least 4 members (excludes halogenated alkanes) is 3. The molecular formula is C42H67N3O. The number of carbonyl (C=O) groups excluding carboxylic acids is 1. The number of aliphatic imine (C=N–C) groups is 1. The van der Waals surface area contributed by atoms with E-state index in [2.05, 4.69) is 76.3 Å². The van der Waals surface area contributed by atoms with Crippen LogP contribution >= 0.6 is 0 Å². The molecule has 0 aliphatic carbocycles. The van der Waals surface area contributed by atoms with Crippen molar-refractivity contribution < 1.29 is 4.79 Å². The zero-order valence-electron chi connectivity index (χ0n) is 31.3. The summed E-state index contributed by atoms with van der Waals surface area (Å²) in [4.78, 5) is 16.2. The molecule has 4 nitrogen and oxygen atoms in total. The standard InChI is InChI=1S/C19H35N.C17H18N2O.C6H14/c1-7-10-16(4)11-12-17(5)13-14-18(6)20-15-19(8-2)9-3;1-4-17(20)14-9-7-13(8-10-14)15-6-5-12(2)16(11-15)19-18-3;1-3-5-6-4-2/h8,15-17H,2,7,9-14H2,1,3-6H3;5-11H,4H2,1-3H3;3-6H2,1-2H3/b19-15+,20-18?;;. The van der Waals surface area contributed by atoms with Crippen molar-refractivity contribution in [3.63, 3.8) is 0 Å². The summed E-state index contributed by atoms with van der Waals surface area (Å²) in [5.74, 6) is 1.87. The quantitative estimate of drug-likeness (QED) is 0.0532. The van der Waals surface area contributed by atoms with Gasteiger partial charge in [-0.1, -0.05) is 149 Å². The summed E-state index contributed by atoms with van der Waals surface area (Å²) >= 11 is 0. The van der Waals surface area contributed by atoms with Gasteiger partial charge in [0.15, 0.2) is 5.78 Å². The van der Waals surface area contributed by atoms with E-state index in [9.17, 15) is 4.79 Å². The van der Waals surface area contributed by atoms with Gasteiger partial charge in [-0.25, -0.2) is 0 Å². The lowest BCUT2D eigenvalue weighted by Crippen LogP contribution is -2.02. The highest BCUT2D eigenvalue weighted by Crippen LogP contribution is 2.28. The van der Waals surface area contributed by atoms with Crippen LogP contribution in [0.4, 0.5) is 5.69 Å². The van der Waals surface area contributed by atoms with E-state index in [0.717, 1.165) is 52.6 Å². The third-order valence-electron chi connectivity index (χ3n) is 8.29. The highest BCUT2D eigenvalue weighted by molar-refractivity contribution is 5.96. The van der Waals surface area contributed by atoms with Gasteiger partial charge in [-0.2, -0.15) is 10.2 Å². The van der Waals surface area contributed by atoms with Crippen molar-refractivity contribution in [3.05, 3.63) is 78.0 Å². The molecular weight excluding hydrogens is 562 g/mol. The molecule has 0 N–H and O–H groups in total. The number of carbonyl (C=O) groups is 1. The van der Waals surface area contributed by atoms with Gasteiger partial charge < -0.3 is 0 Å². The van der Waals surface area contributed by atoms with E-state index < -0.39 is 0 Å². The summed E-state index contributed by atoms with van der Waals surface area (Å²) in [6.45, 7) is 23.5. The fourth-order valence-electron chi connectivity index (χ4n) is 4.91. The van der Waals surface area contributed by atoms with E-state index in [0.29, 0.717) is 6.42 Å². The van der Waals surface area contributed by atoms with Crippen LogP contribution in [0.1, 0.15) is 148 Å². The van der Waals surface area contributed by atoms with Gasteiger partial charge in [0, 0.05) is 30.9 Å². The molecule has 0 aliphatic rings. The molecule has 0 bridgehead atoms. The Morgan fingerprint density at radius 2 is 1.39 bits per heavy atom. The summed E-state index contributed by atoms with van der Waals surface area (Å²) < 4.78 is 0. The normalized spacial score (nSPS) is 12.9. The van der Waals surface area contributed by atoms with Crippen LogP contribution in [0.25, 0.3) is 11.1 Å². The molecule has 0 fully saturated rings. The van der Waals surface area contributed by atoms with Crippen LogP contribution in [0.15, 0.2) is 82.1 Å². The molecule has 2 unspecified atom stereocenters. The Bertz CT molecular complexity index is 1190. The first kappa shape index (κ1) is 42.9. The van der Waals surface area contributed by atoms with Crippen molar-refractivity contribution in [1.29, 1.82) is 0 Å². The first-order chi connectivity index (χ1) is 22.1. The number of azo groups is 1. The van der Waals surface area contributed by atoms with Gasteiger partial charge in [-0.05, 0) is 73.3 Å². The number of hydrogen-bond acceptors (Lipinski definition) is 4. The van der Waals surface area contributed by atoms with E-state index in [1.165, 1.54) is 69.1 Å². The Hall–Kier alpha value is -3.14. The van der Waals surface area contributed by atoms with Gasteiger partial charge >= 0.3 is 0 Å². The Labute approximate surface area is 284 Å². The maximum absolute atomic E-state index is 11.6. The fraction of sp³-hybridized carbons (Fsp3) is 0.571. The molecule has 256 valence electrons. The SMILES string of the molecule is C=C/C(=C\N=C(C)CCC(C)CCC(C)CCC)CC.CCC(=O)c1ccc(-c2ccc(C)c(N=NC)c2)cc1.CCCCCC. The molecule has 0 aliphatic heterocycles. The van der Waals surface area contributed by atoms with Crippen LogP contribution in [0.3, 0.4) is 0 Å². The molecule has 4 heteroatoms. The fourth-order valence-corrected chi connectivity index (χ4v) is 4.91. The first-order valence-corrected chi connectivity index (χ1v) is 18.0. The predicted molar refractivity (Wildman–Crippen MR) is 205 cm³/mol. The Kier molecular flexibility index (Phi) is 25.2. The summed E-state index contributed by atoms with van der Waals surface area (Å²) in [5.41, 5.74) is 7.34. The van der Waals surface area contributed by atoms with Crippen LogP contribution < -0.4 is 0 Å². The number of hydrogen-bond donors (Lipinski definition) is 0. The Balaban J connectivity index is 0.000000749. The van der Waals surface area contributed by atoms with Crippen molar-refractivity contribution in [1.82, 2.24) is 0 Å². The van der Waals surface area contributed by atoms with Crippen molar-refractivity contribution in [3.8, 4) is 11.1 Å². The number of allylic oxidation sites excluding steroid dienone is 2. The Morgan fingerprint density at radius 1 is 0.804 bits per heavy atom. The maximum Gasteiger partial charge on any atom is 0.162 e. The van der Waals surface area contributed by atoms with Gasteiger partial charge in [0.05, 0.1) is 5.69 Å². The van der Waals surface area contributed by atoms with Crippen LogP contribution in [0.5, 0.6) is 0 Å². The number of aryl methyl sites for hydroxylation is 1. The summed E-state index contributed by atoms with van der Waals surface area (Å²) in [5, 5.41) is 7.95. The number of rotatable bonds is 18. The average molecular weight is 630 g/mol. The zero-order valence-corrected chi connectivity index (χ0v) is 31.3. The second kappa shape index (κ2) is 27.0. The molecule has 2 aromatic rings. The molecule has 0 radical (unpaired) electrons. The van der Waals surface area contributed by atoms with E-state index in [4.69, 9.17) is 0 Å². The van der Waals surface area contributed by atoms with Crippen molar-refractivity contribution >= 4 is 17.2 Å². The second-order valence-corrected chi connectivity index (χ2v) is 12.6. The van der Waals surface area contributed by atoms with Crippen LogP contribution in [0.2, 0.25) is 0 Å². The predicted octanol–water partition coefficient (Wildman–Crippen LogP) is 14.1. The minimum atomic E-state index is 0.168. The number of benzene rings is 2. The lowest BCUT2D eigenvalue weighted by Gasteiger charge is -2.14. The van der Waals surface area contributed by atoms with Crippen molar-refractivity contribution in [2.45, 2.75) is 139 Å². The first-order valence-electron chi connectivity index (χ1n) is 18.0. The molecule has 0 amide bonds. The molecule has 2 aromatic carbocycles. The number of Topliss-reactive ketones (excluding diaryl/α,β-unsaturated/α-hetero) is 1. The third kappa shape index (κ3) is 19.4. The highest BCUT2D eigenvalue weighted by Gasteiger charge is 2.07. The number of ketones is 1. The van der Waals surface area contributed by atoms with Crippen LogP contribution in [0, 0.1) is 18.8 Å². The van der Waals surface area contributed by atoms with Crippen LogP contribution in [-0.2, 0) is 0 Å². The lowest BCUT2D eigenvalue weighted by molar-refractivity contribution is 0.0988. The van der Waals surface area contributed by atoms with Gasteiger partial charge in [-0.15, -0.1) is 0 Å². The molecule has 0 spiro atoms. The molecule has 2 rings (SSSR count). The smallest absolute Gasteiger partial charge is 0.162 e. The molecule has 46 heavy (non-hydrogen) atoms. The van der Waals surface area contributed by atoms with Gasteiger partial charge in [0.25, 0.3) is 0 Å². The molecule has 0 heterocycles. The summed E-state index contributed by atoms with van der Waals surface area (Å²) in [7, 11) is 1.66. The maximum atomic E-state index is 11.6. The minimum Gasteiger partial charge on any atom is -0.294 e. The van der Waals surface area contributed by atoms with E-state index >= 15 is 0 Å². The van der Waals surface area contributed by atoms with Gasteiger partial charge in [-0.3, -0.25) is 9.79 Å². The summed E-state index contributed by atoms with van der Waals surface area (Å²) in [6, 6.07) is 13.8. The monoisotopic (exact) mass is 630 g/mol. The number of nitrogens with zero attached hydrogens (tertiary/aromatic N) is 3. The average Bonchev–Trinajstić information content (AvgIpc) is 3.07. The van der Waals surface area contributed by atoms with Crippen LogP contribution in [-0.4, -0.2) is 18.5 Å². The molecule has 2 atom stereocenters. The van der Waals surface area contributed by atoms with Crippen molar-refractivity contribution in [2.24, 2.45) is 27.1 Å².